The van der Waals surface area contributed by atoms with Gasteiger partial charge < -0.3 is 5.73 Å². The van der Waals surface area contributed by atoms with E-state index < -0.39 is 0 Å². The van der Waals surface area contributed by atoms with E-state index in [0.29, 0.717) is 27.0 Å². The lowest BCUT2D eigenvalue weighted by atomic mass is 10.1. The molecule has 0 aliphatic heterocycles. The van der Waals surface area contributed by atoms with Crippen molar-refractivity contribution in [2.24, 2.45) is 0 Å². The number of nitrogens with two attached hydrogens (primary N) is 1. The molecule has 5 heteroatoms. The quantitative estimate of drug-likeness (QED) is 0.857. The fourth-order valence-corrected chi connectivity index (χ4v) is 1.95. The van der Waals surface area contributed by atoms with Crippen LogP contribution in [-0.4, -0.2) is 4.98 Å². The summed E-state index contributed by atoms with van der Waals surface area (Å²) in [6.07, 6.45) is 1.45. The van der Waals surface area contributed by atoms with E-state index in [1.165, 1.54) is 6.20 Å². The number of pyridine rings is 1. The minimum atomic E-state index is 0.351. The molecule has 0 aliphatic carbocycles. The maximum absolute atomic E-state index is 8.89. The van der Waals surface area contributed by atoms with Crippen molar-refractivity contribution in [3.8, 4) is 17.3 Å². The molecule has 1 aromatic heterocycles. The lowest BCUT2D eigenvalue weighted by Gasteiger charge is -2.04. The molecule has 2 aromatic rings. The highest BCUT2D eigenvalue weighted by atomic mass is 35.5. The Balaban J connectivity index is 2.57. The van der Waals surface area contributed by atoms with Gasteiger partial charge in [0.05, 0.1) is 23.1 Å². The molecule has 0 atom stereocenters. The summed E-state index contributed by atoms with van der Waals surface area (Å²) in [4.78, 5) is 4.15. The second kappa shape index (κ2) is 4.62. The zero-order valence-electron chi connectivity index (χ0n) is 8.61. The number of hydrogen-bond donors (Lipinski definition) is 1. The largest absolute Gasteiger partial charge is 0.396 e. The number of rotatable bonds is 1. The van der Waals surface area contributed by atoms with Crippen molar-refractivity contribution in [1.29, 1.82) is 5.26 Å². The number of anilines is 1. The summed E-state index contributed by atoms with van der Waals surface area (Å²) in [6, 6.07) is 8.70. The molecule has 0 bridgehead atoms. The van der Waals surface area contributed by atoms with Crippen molar-refractivity contribution in [2.45, 2.75) is 0 Å². The zero-order chi connectivity index (χ0) is 12.4. The molecule has 0 fully saturated rings. The van der Waals surface area contributed by atoms with Gasteiger partial charge in [0.25, 0.3) is 0 Å². The SMILES string of the molecule is N#Cc1cc(-c2cc(Cl)cc(Cl)c2)ncc1N. The van der Waals surface area contributed by atoms with Crippen molar-refractivity contribution >= 4 is 28.9 Å². The molecule has 2 N–H and O–H groups in total. The van der Waals surface area contributed by atoms with Gasteiger partial charge in [0, 0.05) is 15.6 Å². The van der Waals surface area contributed by atoms with Crippen LogP contribution in [0.1, 0.15) is 5.56 Å². The predicted molar refractivity (Wildman–Crippen MR) is 68.8 cm³/mol. The molecule has 2 rings (SSSR count). The van der Waals surface area contributed by atoms with Gasteiger partial charge in [0.15, 0.2) is 0 Å². The van der Waals surface area contributed by atoms with Gasteiger partial charge in [-0.1, -0.05) is 23.2 Å². The molecule has 0 saturated heterocycles. The molecule has 1 heterocycles. The molecule has 0 amide bonds. The maximum atomic E-state index is 8.89. The fourth-order valence-electron chi connectivity index (χ4n) is 1.42. The number of nitriles is 1. The van der Waals surface area contributed by atoms with Crippen LogP contribution < -0.4 is 5.73 Å². The monoisotopic (exact) mass is 263 g/mol. The number of nitrogens with zero attached hydrogens (tertiary/aromatic N) is 2. The number of halogens is 2. The van der Waals surface area contributed by atoms with Crippen molar-refractivity contribution in [2.75, 3.05) is 5.73 Å². The normalized spacial score (nSPS) is 9.94. The second-order valence-electron chi connectivity index (χ2n) is 3.43. The Hall–Kier alpha value is -1.76. The summed E-state index contributed by atoms with van der Waals surface area (Å²) in [5.74, 6) is 0. The highest BCUT2D eigenvalue weighted by Crippen LogP contribution is 2.27. The van der Waals surface area contributed by atoms with E-state index in [2.05, 4.69) is 4.98 Å². The smallest absolute Gasteiger partial charge is 0.101 e. The number of benzene rings is 1. The molecular weight excluding hydrogens is 257 g/mol. The van der Waals surface area contributed by atoms with E-state index >= 15 is 0 Å². The Labute approximate surface area is 108 Å². The van der Waals surface area contributed by atoms with E-state index in [1.54, 1.807) is 24.3 Å². The first kappa shape index (κ1) is 11.7. The third-order valence-electron chi connectivity index (χ3n) is 2.21. The molecule has 0 saturated carbocycles. The van der Waals surface area contributed by atoms with Gasteiger partial charge in [-0.05, 0) is 24.3 Å². The van der Waals surface area contributed by atoms with Crippen LogP contribution in [0.5, 0.6) is 0 Å². The minimum absolute atomic E-state index is 0.351. The van der Waals surface area contributed by atoms with Gasteiger partial charge in [0.2, 0.25) is 0 Å². The first-order valence-corrected chi connectivity index (χ1v) is 5.48. The van der Waals surface area contributed by atoms with E-state index in [0.717, 1.165) is 5.56 Å². The summed E-state index contributed by atoms with van der Waals surface area (Å²) >= 11 is 11.8. The lowest BCUT2D eigenvalue weighted by molar-refractivity contribution is 1.31. The summed E-state index contributed by atoms with van der Waals surface area (Å²) in [6.45, 7) is 0. The molecule has 0 unspecified atom stereocenters. The standard InChI is InChI=1S/C12H7Cl2N3/c13-9-1-7(2-10(14)4-9)12-3-8(5-15)11(16)6-17-12/h1-4,6H,16H2. The summed E-state index contributed by atoms with van der Waals surface area (Å²) in [5.41, 5.74) is 7.69. The van der Waals surface area contributed by atoms with Gasteiger partial charge >= 0.3 is 0 Å². The molecule has 1 aromatic carbocycles. The van der Waals surface area contributed by atoms with E-state index in [4.69, 9.17) is 34.2 Å². The van der Waals surface area contributed by atoms with Crippen LogP contribution in [0.25, 0.3) is 11.3 Å². The first-order chi connectivity index (χ1) is 8.10. The van der Waals surface area contributed by atoms with E-state index in [9.17, 15) is 0 Å². The highest BCUT2D eigenvalue weighted by molar-refractivity contribution is 6.35. The average Bonchev–Trinajstić information content (AvgIpc) is 2.28. The van der Waals surface area contributed by atoms with Crippen molar-refractivity contribution in [1.82, 2.24) is 4.98 Å². The Morgan fingerprint density at radius 2 is 1.76 bits per heavy atom. The van der Waals surface area contributed by atoms with Crippen LogP contribution >= 0.6 is 23.2 Å². The second-order valence-corrected chi connectivity index (χ2v) is 4.30. The van der Waals surface area contributed by atoms with Crippen molar-refractivity contribution < 1.29 is 0 Å². The number of aromatic nitrogens is 1. The van der Waals surface area contributed by atoms with Gasteiger partial charge in [-0.25, -0.2) is 0 Å². The Bertz CT molecular complexity index is 597. The number of hydrogen-bond acceptors (Lipinski definition) is 3. The van der Waals surface area contributed by atoms with Crippen LogP contribution in [0.15, 0.2) is 30.5 Å². The van der Waals surface area contributed by atoms with E-state index in [-0.39, 0.29) is 0 Å². The van der Waals surface area contributed by atoms with Crippen LogP contribution in [0.3, 0.4) is 0 Å². The van der Waals surface area contributed by atoms with Crippen LogP contribution in [0.2, 0.25) is 10.0 Å². The van der Waals surface area contributed by atoms with Crippen LogP contribution in [0.4, 0.5) is 5.69 Å². The fraction of sp³-hybridized carbons (Fsp3) is 0. The van der Waals surface area contributed by atoms with Crippen molar-refractivity contribution in [3.63, 3.8) is 0 Å². The Morgan fingerprint density at radius 3 is 2.35 bits per heavy atom. The molecule has 84 valence electrons. The summed E-state index contributed by atoms with van der Waals surface area (Å²) < 4.78 is 0. The third-order valence-corrected chi connectivity index (χ3v) is 2.65. The van der Waals surface area contributed by atoms with Crippen LogP contribution in [-0.2, 0) is 0 Å². The third kappa shape index (κ3) is 2.50. The Kier molecular flexibility index (Phi) is 3.19. The average molecular weight is 264 g/mol. The van der Waals surface area contributed by atoms with Gasteiger partial charge in [-0.15, -0.1) is 0 Å². The zero-order valence-corrected chi connectivity index (χ0v) is 10.1. The highest BCUT2D eigenvalue weighted by Gasteiger charge is 2.06. The van der Waals surface area contributed by atoms with Gasteiger partial charge in [0.1, 0.15) is 6.07 Å². The van der Waals surface area contributed by atoms with Gasteiger partial charge in [-0.3, -0.25) is 4.98 Å². The molecule has 17 heavy (non-hydrogen) atoms. The molecule has 3 nitrogen and oxygen atoms in total. The predicted octanol–water partition coefficient (Wildman–Crippen LogP) is 3.51. The molecule has 0 spiro atoms. The molecule has 0 aliphatic rings. The summed E-state index contributed by atoms with van der Waals surface area (Å²) in [7, 11) is 0. The Morgan fingerprint density at radius 1 is 1.12 bits per heavy atom. The maximum Gasteiger partial charge on any atom is 0.101 e. The molecular formula is C12H7Cl2N3. The summed E-state index contributed by atoms with van der Waals surface area (Å²) in [5, 5.41) is 9.93. The van der Waals surface area contributed by atoms with Crippen molar-refractivity contribution in [3.05, 3.63) is 46.1 Å². The minimum Gasteiger partial charge on any atom is -0.396 e. The molecule has 0 radical (unpaired) electrons. The number of nitrogen functional groups attached to an aromatic ring is 1. The topological polar surface area (TPSA) is 62.7 Å². The van der Waals surface area contributed by atoms with E-state index in [1.807, 2.05) is 6.07 Å². The lowest BCUT2D eigenvalue weighted by Crippen LogP contribution is -1.93. The first-order valence-electron chi connectivity index (χ1n) is 4.72. The van der Waals surface area contributed by atoms with Gasteiger partial charge in [-0.2, -0.15) is 5.26 Å². The van der Waals surface area contributed by atoms with Crippen LogP contribution in [0, 0.1) is 11.3 Å².